The molecule has 63 heavy (non-hydrogen) atoms. The van der Waals surface area contributed by atoms with Crippen LogP contribution in [0.15, 0.2) is 255 Å². The first-order valence-corrected chi connectivity index (χ1v) is 23.8. The van der Waals surface area contributed by atoms with Gasteiger partial charge in [0.25, 0.3) is 0 Å². The molecule has 0 saturated heterocycles. The van der Waals surface area contributed by atoms with Gasteiger partial charge < -0.3 is 9.13 Å². The zero-order valence-electron chi connectivity index (χ0n) is 34.6. The van der Waals surface area contributed by atoms with Crippen molar-refractivity contribution in [2.24, 2.45) is 0 Å². The highest BCUT2D eigenvalue weighted by molar-refractivity contribution is 7.20. The zero-order chi connectivity index (χ0) is 41.7. The van der Waals surface area contributed by atoms with Gasteiger partial charge in [-0.2, -0.15) is 0 Å². The number of rotatable bonds is 8. The molecule has 0 saturated carbocycles. The summed E-state index contributed by atoms with van der Waals surface area (Å²) in [6.45, 7) is 0. The molecule has 12 aromatic rings. The fourth-order valence-electron chi connectivity index (χ4n) is 10.5. The number of benzene rings is 10. The maximum absolute atomic E-state index is 2.89. The molecule has 10 aromatic carbocycles. The molecule has 0 amide bonds. The molecule has 12 rings (SSSR count). The molecule has 2 aromatic heterocycles. The Balaban J connectivity index is 1.15. The summed E-state index contributed by atoms with van der Waals surface area (Å²) in [5.74, 6) is 0. The third-order valence-corrected chi connectivity index (χ3v) is 17.9. The van der Waals surface area contributed by atoms with E-state index < -0.39 is 8.07 Å². The summed E-state index contributed by atoms with van der Waals surface area (Å²) in [4.78, 5) is 0. The van der Waals surface area contributed by atoms with E-state index in [2.05, 4.69) is 264 Å². The SMILES string of the molecule is c1ccc(-c2ccccc2-n2c3ccccc3c3cc(-n4c5ccccc5c5cccc(-c6ccccc6[Si](c6ccccc6)(c6ccccc6)c6ccccc6)c54)ccc32)cc1. The topological polar surface area (TPSA) is 9.86 Å². The van der Waals surface area contributed by atoms with Crippen molar-refractivity contribution in [1.82, 2.24) is 9.13 Å². The van der Waals surface area contributed by atoms with Crippen LogP contribution in [-0.2, 0) is 0 Å². The van der Waals surface area contributed by atoms with Crippen molar-refractivity contribution in [2.45, 2.75) is 0 Å². The van der Waals surface area contributed by atoms with Gasteiger partial charge in [-0.25, -0.2) is 0 Å². The van der Waals surface area contributed by atoms with E-state index in [0.717, 1.165) is 5.69 Å². The Labute approximate surface area is 368 Å². The molecule has 0 spiro atoms. The lowest BCUT2D eigenvalue weighted by atomic mass is 10.0. The summed E-state index contributed by atoms with van der Waals surface area (Å²) in [7, 11) is -2.89. The molecule has 0 fully saturated rings. The van der Waals surface area contributed by atoms with Crippen LogP contribution in [0.25, 0.3) is 77.2 Å². The van der Waals surface area contributed by atoms with Crippen LogP contribution in [0.3, 0.4) is 0 Å². The summed E-state index contributed by atoms with van der Waals surface area (Å²) in [6, 6.07) is 94.3. The van der Waals surface area contributed by atoms with E-state index >= 15 is 0 Å². The van der Waals surface area contributed by atoms with Gasteiger partial charge in [-0.15, -0.1) is 0 Å². The smallest absolute Gasteiger partial charge is 0.180 e. The molecule has 2 heterocycles. The predicted octanol–water partition coefficient (Wildman–Crippen LogP) is 12.6. The highest BCUT2D eigenvalue weighted by atomic mass is 28.3. The van der Waals surface area contributed by atoms with E-state index in [9.17, 15) is 0 Å². The van der Waals surface area contributed by atoms with Crippen LogP contribution in [0.1, 0.15) is 0 Å². The minimum Gasteiger partial charge on any atom is -0.309 e. The first-order valence-electron chi connectivity index (χ1n) is 21.8. The zero-order valence-corrected chi connectivity index (χ0v) is 35.6. The van der Waals surface area contributed by atoms with Gasteiger partial charge in [0.1, 0.15) is 0 Å². The summed E-state index contributed by atoms with van der Waals surface area (Å²) in [5.41, 5.74) is 12.0. The van der Waals surface area contributed by atoms with Crippen molar-refractivity contribution in [2.75, 3.05) is 0 Å². The van der Waals surface area contributed by atoms with Crippen molar-refractivity contribution in [1.29, 1.82) is 0 Å². The Morgan fingerprint density at radius 2 is 0.746 bits per heavy atom. The van der Waals surface area contributed by atoms with Crippen molar-refractivity contribution in [3.8, 4) is 33.6 Å². The van der Waals surface area contributed by atoms with Crippen LogP contribution < -0.4 is 20.7 Å². The standard InChI is InChI=1S/C60H42N2Si/c1-5-22-43(23-6-1)48-30-13-17-36-55(48)62-57-38-19-15-32-50(57)54-42-44(40-41-58(54)62)61-56-37-18-14-31-49(56)52-34-21-35-53(60(52)61)51-33-16-20-39-59(51)63(45-24-7-2-8-25-45,46-26-9-3-10-27-46)47-28-11-4-12-29-47/h1-42H. The van der Waals surface area contributed by atoms with Gasteiger partial charge >= 0.3 is 0 Å². The maximum atomic E-state index is 2.52. The van der Waals surface area contributed by atoms with Gasteiger partial charge in [-0.3, -0.25) is 0 Å². The minimum atomic E-state index is -2.89. The van der Waals surface area contributed by atoms with Crippen LogP contribution in [0.5, 0.6) is 0 Å². The Kier molecular flexibility index (Phi) is 8.87. The fraction of sp³-hybridized carbons (Fsp3) is 0. The third-order valence-electron chi connectivity index (χ3n) is 13.1. The molecule has 0 atom stereocenters. The molecular formula is C60H42N2Si. The number of aromatic nitrogens is 2. The van der Waals surface area contributed by atoms with Crippen molar-refractivity contribution >= 4 is 72.4 Å². The van der Waals surface area contributed by atoms with Crippen LogP contribution in [0.4, 0.5) is 0 Å². The number of para-hydroxylation sites is 4. The Morgan fingerprint density at radius 3 is 1.40 bits per heavy atom. The summed E-state index contributed by atoms with van der Waals surface area (Å²) >= 11 is 0. The molecule has 0 N–H and O–H groups in total. The van der Waals surface area contributed by atoms with Gasteiger partial charge in [-0.1, -0.05) is 218 Å². The van der Waals surface area contributed by atoms with Crippen molar-refractivity contribution in [3.63, 3.8) is 0 Å². The molecular weight excluding hydrogens is 777 g/mol. The van der Waals surface area contributed by atoms with Gasteiger partial charge in [0.15, 0.2) is 8.07 Å². The van der Waals surface area contributed by atoms with Crippen molar-refractivity contribution < 1.29 is 0 Å². The number of nitrogens with zero attached hydrogens (tertiary/aromatic N) is 2. The average molecular weight is 819 g/mol. The summed E-state index contributed by atoms with van der Waals surface area (Å²) < 4.78 is 4.97. The van der Waals surface area contributed by atoms with Gasteiger partial charge in [0, 0.05) is 38.4 Å². The van der Waals surface area contributed by atoms with Crippen LogP contribution in [0.2, 0.25) is 0 Å². The van der Waals surface area contributed by atoms with Crippen LogP contribution in [-0.4, -0.2) is 17.2 Å². The Bertz CT molecular complexity index is 3510. The molecule has 2 nitrogen and oxygen atoms in total. The number of hydrogen-bond donors (Lipinski definition) is 0. The molecule has 0 aliphatic carbocycles. The average Bonchev–Trinajstić information content (AvgIpc) is 3.88. The summed E-state index contributed by atoms with van der Waals surface area (Å²) in [5, 5.41) is 10.4. The lowest BCUT2D eigenvalue weighted by molar-refractivity contribution is 1.17. The van der Waals surface area contributed by atoms with E-state index in [1.54, 1.807) is 0 Å². The quantitative estimate of drug-likeness (QED) is 0.107. The van der Waals surface area contributed by atoms with Crippen LogP contribution in [0, 0.1) is 0 Å². The second-order valence-electron chi connectivity index (χ2n) is 16.4. The van der Waals surface area contributed by atoms with E-state index in [1.165, 1.54) is 92.3 Å². The number of hydrogen-bond acceptors (Lipinski definition) is 0. The first-order chi connectivity index (χ1) is 31.3. The highest BCUT2D eigenvalue weighted by Gasteiger charge is 2.43. The number of fused-ring (bicyclic) bond motifs is 6. The monoisotopic (exact) mass is 818 g/mol. The molecule has 0 aliphatic rings. The maximum Gasteiger partial charge on any atom is 0.180 e. The molecule has 0 aliphatic heterocycles. The van der Waals surface area contributed by atoms with Crippen LogP contribution >= 0.6 is 0 Å². The van der Waals surface area contributed by atoms with Crippen molar-refractivity contribution in [3.05, 3.63) is 255 Å². The fourth-order valence-corrected chi connectivity index (χ4v) is 15.4. The van der Waals surface area contributed by atoms with E-state index in [0.29, 0.717) is 0 Å². The normalized spacial score (nSPS) is 11.8. The van der Waals surface area contributed by atoms with E-state index in [1.807, 2.05) is 0 Å². The molecule has 0 radical (unpaired) electrons. The molecule has 3 heteroatoms. The lowest BCUT2D eigenvalue weighted by Gasteiger charge is -2.36. The minimum absolute atomic E-state index is 1.13. The first kappa shape index (κ1) is 36.8. The second-order valence-corrected chi connectivity index (χ2v) is 20.2. The Morgan fingerprint density at radius 1 is 0.286 bits per heavy atom. The van der Waals surface area contributed by atoms with E-state index in [4.69, 9.17) is 0 Å². The third kappa shape index (κ3) is 5.78. The van der Waals surface area contributed by atoms with Gasteiger partial charge in [0.2, 0.25) is 0 Å². The molecule has 0 unspecified atom stereocenters. The second kappa shape index (κ2) is 15.2. The largest absolute Gasteiger partial charge is 0.309 e. The molecule has 0 bridgehead atoms. The predicted molar refractivity (Wildman–Crippen MR) is 270 cm³/mol. The van der Waals surface area contributed by atoms with E-state index in [-0.39, 0.29) is 0 Å². The molecule has 296 valence electrons. The van der Waals surface area contributed by atoms with Gasteiger partial charge in [0.05, 0.1) is 27.8 Å². The highest BCUT2D eigenvalue weighted by Crippen LogP contribution is 2.41. The lowest BCUT2D eigenvalue weighted by Crippen LogP contribution is -2.75. The Hall–Kier alpha value is -7.98. The van der Waals surface area contributed by atoms with Gasteiger partial charge in [-0.05, 0) is 68.3 Å². The summed E-state index contributed by atoms with van der Waals surface area (Å²) in [6.07, 6.45) is 0.